The Balaban J connectivity index is 1.36. The van der Waals surface area contributed by atoms with E-state index in [0.717, 1.165) is 18.8 Å². The van der Waals surface area contributed by atoms with E-state index in [0.29, 0.717) is 53.9 Å². The second-order valence-electron chi connectivity index (χ2n) is 8.34. The third-order valence-corrected chi connectivity index (χ3v) is 8.55. The van der Waals surface area contributed by atoms with Gasteiger partial charge in [0.2, 0.25) is 15.9 Å². The molecule has 4 rings (SSSR count). The number of halogens is 2. The van der Waals surface area contributed by atoms with Gasteiger partial charge in [-0.15, -0.1) is 0 Å². The normalized spacial score (nSPS) is 19.9. The quantitative estimate of drug-likeness (QED) is 0.633. The van der Waals surface area contributed by atoms with Gasteiger partial charge in [0.05, 0.1) is 34.9 Å². The Morgan fingerprint density at radius 1 is 1.03 bits per heavy atom. The largest absolute Gasteiger partial charge is 0.378 e. The van der Waals surface area contributed by atoms with Gasteiger partial charge in [-0.1, -0.05) is 29.3 Å². The molecular formula is C23H27Cl2N3O4S. The fourth-order valence-corrected chi connectivity index (χ4v) is 6.08. The summed E-state index contributed by atoms with van der Waals surface area (Å²) in [7, 11) is -3.59. The smallest absolute Gasteiger partial charge is 0.228 e. The molecule has 1 atom stereocenters. The van der Waals surface area contributed by atoms with Gasteiger partial charge >= 0.3 is 0 Å². The van der Waals surface area contributed by atoms with Gasteiger partial charge in [0.25, 0.3) is 0 Å². The zero-order valence-corrected chi connectivity index (χ0v) is 20.5. The average Bonchev–Trinajstić information content (AvgIpc) is 2.82. The van der Waals surface area contributed by atoms with Crippen molar-refractivity contribution in [2.45, 2.75) is 18.6 Å². The Hall–Kier alpha value is -1.84. The molecule has 2 heterocycles. The Labute approximate surface area is 204 Å². The Bertz CT molecular complexity index is 1090. The zero-order chi connectivity index (χ0) is 23.4. The lowest BCUT2D eigenvalue weighted by atomic mass is 9.98. The van der Waals surface area contributed by atoms with Crippen molar-refractivity contribution >= 4 is 50.5 Å². The second kappa shape index (κ2) is 10.6. The predicted molar refractivity (Wildman–Crippen MR) is 131 cm³/mol. The predicted octanol–water partition coefficient (Wildman–Crippen LogP) is 4.01. The number of hydrogen-bond acceptors (Lipinski definition) is 5. The number of piperidine rings is 1. The fourth-order valence-electron chi connectivity index (χ4n) is 4.16. The number of morpholine rings is 1. The highest BCUT2D eigenvalue weighted by Crippen LogP contribution is 2.27. The molecule has 0 spiro atoms. The first-order chi connectivity index (χ1) is 15.8. The fraction of sp³-hybridized carbons (Fsp3) is 0.435. The van der Waals surface area contributed by atoms with Gasteiger partial charge in [0.15, 0.2) is 0 Å². The average molecular weight is 512 g/mol. The molecule has 2 aliphatic heterocycles. The van der Waals surface area contributed by atoms with Crippen molar-refractivity contribution < 1.29 is 17.9 Å². The van der Waals surface area contributed by atoms with Gasteiger partial charge in [0, 0.05) is 37.6 Å². The van der Waals surface area contributed by atoms with Crippen LogP contribution in [0.5, 0.6) is 0 Å². The van der Waals surface area contributed by atoms with Crippen LogP contribution in [0.25, 0.3) is 0 Å². The summed E-state index contributed by atoms with van der Waals surface area (Å²) in [5.41, 5.74) is 2.36. The lowest BCUT2D eigenvalue weighted by Gasteiger charge is -2.31. The molecule has 7 nitrogen and oxygen atoms in total. The molecule has 10 heteroatoms. The lowest BCUT2D eigenvalue weighted by Crippen LogP contribution is -2.44. The third-order valence-electron chi connectivity index (χ3n) is 5.99. The number of nitrogens with one attached hydrogen (secondary N) is 1. The molecule has 178 valence electrons. The van der Waals surface area contributed by atoms with Crippen LogP contribution >= 0.6 is 23.2 Å². The van der Waals surface area contributed by atoms with Gasteiger partial charge in [-0.3, -0.25) is 4.79 Å². The number of ether oxygens (including phenoxy) is 1. The summed E-state index contributed by atoms with van der Waals surface area (Å²) in [4.78, 5) is 15.1. The van der Waals surface area contributed by atoms with Crippen LogP contribution in [0.15, 0.2) is 42.5 Å². The van der Waals surface area contributed by atoms with Crippen LogP contribution in [0, 0.1) is 5.92 Å². The van der Waals surface area contributed by atoms with Crippen molar-refractivity contribution in [3.63, 3.8) is 0 Å². The number of sulfonamides is 1. The molecule has 0 saturated carbocycles. The Morgan fingerprint density at radius 2 is 1.76 bits per heavy atom. The van der Waals surface area contributed by atoms with Crippen LogP contribution in [0.2, 0.25) is 10.0 Å². The molecule has 0 radical (unpaired) electrons. The topological polar surface area (TPSA) is 79.0 Å². The molecule has 1 N–H and O–H groups in total. The molecule has 2 saturated heterocycles. The van der Waals surface area contributed by atoms with Crippen LogP contribution in [-0.2, 0) is 25.3 Å². The molecular weight excluding hydrogens is 485 g/mol. The van der Waals surface area contributed by atoms with Crippen LogP contribution in [0.4, 0.5) is 11.4 Å². The zero-order valence-electron chi connectivity index (χ0n) is 18.2. The van der Waals surface area contributed by atoms with Crippen molar-refractivity contribution in [3.05, 3.63) is 58.1 Å². The van der Waals surface area contributed by atoms with Crippen LogP contribution in [0.3, 0.4) is 0 Å². The second-order valence-corrected chi connectivity index (χ2v) is 11.1. The van der Waals surface area contributed by atoms with Gasteiger partial charge < -0.3 is 15.0 Å². The minimum Gasteiger partial charge on any atom is -0.378 e. The number of nitrogens with zero attached hydrogens (tertiary/aromatic N) is 2. The van der Waals surface area contributed by atoms with Crippen LogP contribution < -0.4 is 10.2 Å². The van der Waals surface area contributed by atoms with E-state index in [9.17, 15) is 13.2 Å². The van der Waals surface area contributed by atoms with E-state index in [1.54, 1.807) is 18.2 Å². The molecule has 1 amide bonds. The first kappa shape index (κ1) is 24.3. The maximum Gasteiger partial charge on any atom is 0.228 e. The highest BCUT2D eigenvalue weighted by Gasteiger charge is 2.32. The first-order valence-corrected chi connectivity index (χ1v) is 13.3. The minimum absolute atomic E-state index is 0.163. The monoisotopic (exact) mass is 511 g/mol. The number of benzene rings is 2. The molecule has 2 aromatic carbocycles. The van der Waals surface area contributed by atoms with Crippen molar-refractivity contribution in [2.24, 2.45) is 5.92 Å². The lowest BCUT2D eigenvalue weighted by molar-refractivity contribution is -0.120. The Kier molecular flexibility index (Phi) is 7.81. The molecule has 2 fully saturated rings. The number of anilines is 2. The molecule has 0 aromatic heterocycles. The summed E-state index contributed by atoms with van der Waals surface area (Å²) in [6, 6.07) is 12.5. The first-order valence-electron chi connectivity index (χ1n) is 11.0. The van der Waals surface area contributed by atoms with Gasteiger partial charge in [-0.2, -0.15) is 0 Å². The standard InChI is InChI=1S/C23H27Cl2N3O4S/c24-21-8-3-17(14-22(21)25)16-33(30,31)28-9-1-2-18(15-28)23(29)26-19-4-6-20(7-5-19)27-10-12-32-13-11-27/h3-8,14,18H,1-2,9-13,15-16H2,(H,26,29)/t18-/m1/s1. The van der Waals surface area contributed by atoms with Crippen molar-refractivity contribution in [1.29, 1.82) is 0 Å². The summed E-state index contributed by atoms with van der Waals surface area (Å²) in [5, 5.41) is 3.64. The van der Waals surface area contributed by atoms with Crippen LogP contribution in [0.1, 0.15) is 18.4 Å². The maximum atomic E-state index is 13.0. The van der Waals surface area contributed by atoms with Gasteiger partial charge in [-0.25, -0.2) is 12.7 Å². The highest BCUT2D eigenvalue weighted by atomic mass is 35.5. The Morgan fingerprint density at radius 3 is 2.45 bits per heavy atom. The minimum atomic E-state index is -3.59. The van der Waals surface area contributed by atoms with Gasteiger partial charge in [-0.05, 0) is 54.8 Å². The summed E-state index contributed by atoms with van der Waals surface area (Å²) in [5.74, 6) is -0.744. The molecule has 33 heavy (non-hydrogen) atoms. The highest BCUT2D eigenvalue weighted by molar-refractivity contribution is 7.88. The van der Waals surface area contributed by atoms with Gasteiger partial charge in [0.1, 0.15) is 0 Å². The number of rotatable bonds is 6. The van der Waals surface area contributed by atoms with E-state index in [-0.39, 0.29) is 18.2 Å². The molecule has 0 unspecified atom stereocenters. The van der Waals surface area contributed by atoms with Crippen molar-refractivity contribution in [3.8, 4) is 0 Å². The molecule has 0 aliphatic carbocycles. The SMILES string of the molecule is O=C(Nc1ccc(N2CCOCC2)cc1)[C@@H]1CCCN(S(=O)(=O)Cc2ccc(Cl)c(Cl)c2)C1. The third kappa shape index (κ3) is 6.19. The maximum absolute atomic E-state index is 13.0. The number of carbonyl (C=O) groups excluding carboxylic acids is 1. The van der Waals surface area contributed by atoms with E-state index in [4.69, 9.17) is 27.9 Å². The summed E-state index contributed by atoms with van der Waals surface area (Å²) in [6.45, 7) is 3.69. The number of hydrogen-bond donors (Lipinski definition) is 1. The molecule has 2 aliphatic rings. The van der Waals surface area contributed by atoms with E-state index >= 15 is 0 Å². The summed E-state index contributed by atoms with van der Waals surface area (Å²) >= 11 is 11.9. The van der Waals surface area contributed by atoms with E-state index in [2.05, 4.69) is 10.2 Å². The molecule has 0 bridgehead atoms. The number of carbonyl (C=O) groups is 1. The van der Waals surface area contributed by atoms with Crippen molar-refractivity contribution in [1.82, 2.24) is 4.31 Å². The summed E-state index contributed by atoms with van der Waals surface area (Å²) < 4.78 is 32.7. The van der Waals surface area contributed by atoms with E-state index in [1.807, 2.05) is 24.3 Å². The summed E-state index contributed by atoms with van der Waals surface area (Å²) in [6.07, 6.45) is 1.28. The van der Waals surface area contributed by atoms with Crippen LogP contribution in [-0.4, -0.2) is 58.0 Å². The number of amides is 1. The van der Waals surface area contributed by atoms with E-state index < -0.39 is 15.9 Å². The molecule has 2 aromatic rings. The van der Waals surface area contributed by atoms with Crippen molar-refractivity contribution in [2.75, 3.05) is 49.6 Å². The van der Waals surface area contributed by atoms with E-state index in [1.165, 1.54) is 4.31 Å².